The number of hydrogen-bond acceptors (Lipinski definition) is 5. The maximum Gasteiger partial charge on any atom is 0.358 e. The van der Waals surface area contributed by atoms with Gasteiger partial charge in [0.1, 0.15) is 5.69 Å². The highest BCUT2D eigenvalue weighted by atomic mass is 16.6. The van der Waals surface area contributed by atoms with E-state index in [2.05, 4.69) is 5.43 Å². The lowest BCUT2D eigenvalue weighted by Gasteiger charge is -2.06. The molecule has 0 unspecified atom stereocenters. The highest BCUT2D eigenvalue weighted by Gasteiger charge is 2.20. The number of rotatable bonds is 2. The summed E-state index contributed by atoms with van der Waals surface area (Å²) in [5.41, 5.74) is 1.53. The second-order valence-corrected chi connectivity index (χ2v) is 2.81. The van der Waals surface area contributed by atoms with Crippen LogP contribution in [0.5, 0.6) is 0 Å². The van der Waals surface area contributed by atoms with E-state index in [-0.39, 0.29) is 5.69 Å². The van der Waals surface area contributed by atoms with Crippen molar-refractivity contribution in [3.05, 3.63) is 32.2 Å². The second kappa shape index (κ2) is 3.46. The molecule has 76 valence electrons. The molecular formula is C7H10N4O3. The predicted molar refractivity (Wildman–Crippen MR) is 50.9 cm³/mol. The number of nitro groups is 1. The first-order valence-electron chi connectivity index (χ1n) is 3.80. The van der Waals surface area contributed by atoms with Gasteiger partial charge in [-0.05, 0) is 13.0 Å². The first kappa shape index (κ1) is 10.2. The zero-order chi connectivity index (χ0) is 10.9. The van der Waals surface area contributed by atoms with E-state index in [1.807, 2.05) is 0 Å². The number of anilines is 1. The van der Waals surface area contributed by atoms with E-state index in [0.717, 1.165) is 0 Å². The third kappa shape index (κ3) is 1.44. The highest BCUT2D eigenvalue weighted by Crippen LogP contribution is 2.18. The van der Waals surface area contributed by atoms with Crippen LogP contribution in [0.15, 0.2) is 10.9 Å². The van der Waals surface area contributed by atoms with Crippen LogP contribution in [-0.4, -0.2) is 9.49 Å². The summed E-state index contributed by atoms with van der Waals surface area (Å²) in [6.45, 7) is 1.66. The van der Waals surface area contributed by atoms with Gasteiger partial charge in [-0.1, -0.05) is 0 Å². The van der Waals surface area contributed by atoms with Crippen molar-refractivity contribution in [3.63, 3.8) is 0 Å². The van der Waals surface area contributed by atoms with Crippen molar-refractivity contribution in [1.82, 2.24) is 4.57 Å². The third-order valence-corrected chi connectivity index (χ3v) is 1.98. The average Bonchev–Trinajstić information content (AvgIpc) is 2.12. The fourth-order valence-corrected chi connectivity index (χ4v) is 1.09. The van der Waals surface area contributed by atoms with E-state index in [0.29, 0.717) is 5.69 Å². The minimum Gasteiger partial charge on any atom is -0.318 e. The van der Waals surface area contributed by atoms with E-state index < -0.39 is 16.2 Å². The molecule has 1 aromatic rings. The van der Waals surface area contributed by atoms with Crippen LogP contribution in [-0.2, 0) is 7.05 Å². The zero-order valence-corrected chi connectivity index (χ0v) is 7.77. The van der Waals surface area contributed by atoms with Crippen LogP contribution < -0.4 is 16.8 Å². The fourth-order valence-electron chi connectivity index (χ4n) is 1.09. The number of pyridine rings is 1. The Kier molecular flexibility index (Phi) is 2.52. The molecule has 0 amide bonds. The van der Waals surface area contributed by atoms with Gasteiger partial charge in [-0.2, -0.15) is 0 Å². The van der Waals surface area contributed by atoms with Crippen molar-refractivity contribution in [2.75, 3.05) is 5.43 Å². The van der Waals surface area contributed by atoms with Gasteiger partial charge in [0.15, 0.2) is 0 Å². The summed E-state index contributed by atoms with van der Waals surface area (Å²) in [5.74, 6) is 5.07. The lowest BCUT2D eigenvalue weighted by Crippen LogP contribution is -2.24. The molecule has 0 radical (unpaired) electrons. The number of nitrogens with one attached hydrogen (secondary N) is 1. The topological polar surface area (TPSA) is 103 Å². The summed E-state index contributed by atoms with van der Waals surface area (Å²) in [6.07, 6.45) is 0. The van der Waals surface area contributed by atoms with Crippen LogP contribution in [0, 0.1) is 17.0 Å². The van der Waals surface area contributed by atoms with Gasteiger partial charge in [0, 0.05) is 12.7 Å². The van der Waals surface area contributed by atoms with Crippen molar-refractivity contribution in [2.24, 2.45) is 12.9 Å². The number of nitrogens with two attached hydrogens (primary N) is 1. The van der Waals surface area contributed by atoms with Crippen molar-refractivity contribution >= 4 is 11.4 Å². The van der Waals surface area contributed by atoms with Crippen LogP contribution in [0.4, 0.5) is 11.4 Å². The zero-order valence-electron chi connectivity index (χ0n) is 7.77. The number of aromatic nitrogens is 1. The summed E-state index contributed by atoms with van der Waals surface area (Å²) in [6, 6.07) is 1.44. The molecule has 7 heteroatoms. The lowest BCUT2D eigenvalue weighted by atomic mass is 10.3. The summed E-state index contributed by atoms with van der Waals surface area (Å²) < 4.78 is 1.19. The first-order valence-corrected chi connectivity index (χ1v) is 3.80. The maximum absolute atomic E-state index is 11.4. The number of nitrogens with zero attached hydrogens (tertiary/aromatic N) is 2. The predicted octanol–water partition coefficient (Wildman–Crippen LogP) is -0.112. The molecule has 0 fully saturated rings. The molecular weight excluding hydrogens is 188 g/mol. The number of hydrogen-bond donors (Lipinski definition) is 2. The molecule has 1 rings (SSSR count). The standard InChI is InChI=1S/C7H10N4O3/c1-4-3-5(9-8)6(11(13)14)7(12)10(4)2/h3,9H,8H2,1-2H3. The van der Waals surface area contributed by atoms with E-state index in [1.54, 1.807) is 6.92 Å². The van der Waals surface area contributed by atoms with E-state index in [9.17, 15) is 14.9 Å². The molecule has 0 aliphatic carbocycles. The molecule has 0 atom stereocenters. The smallest absolute Gasteiger partial charge is 0.318 e. The normalized spacial score (nSPS) is 9.93. The molecule has 1 heterocycles. The molecule has 0 spiro atoms. The molecule has 0 aromatic carbocycles. The molecule has 7 nitrogen and oxygen atoms in total. The second-order valence-electron chi connectivity index (χ2n) is 2.81. The van der Waals surface area contributed by atoms with Gasteiger partial charge in [0.2, 0.25) is 0 Å². The van der Waals surface area contributed by atoms with Crippen LogP contribution in [0.3, 0.4) is 0 Å². The molecule has 0 bridgehead atoms. The largest absolute Gasteiger partial charge is 0.358 e. The van der Waals surface area contributed by atoms with Gasteiger partial charge in [-0.3, -0.25) is 20.8 Å². The Morgan fingerprint density at radius 3 is 2.64 bits per heavy atom. The van der Waals surface area contributed by atoms with Gasteiger partial charge >= 0.3 is 11.2 Å². The fraction of sp³-hybridized carbons (Fsp3) is 0.286. The SMILES string of the molecule is Cc1cc(NN)c([N+](=O)[O-])c(=O)n1C. The minimum atomic E-state index is -0.753. The molecule has 0 aliphatic heterocycles. The summed E-state index contributed by atoms with van der Waals surface area (Å²) in [5, 5.41) is 10.6. The molecule has 1 aromatic heterocycles. The molecule has 0 saturated carbocycles. The van der Waals surface area contributed by atoms with Crippen molar-refractivity contribution in [2.45, 2.75) is 6.92 Å². The van der Waals surface area contributed by atoms with Gasteiger partial charge in [-0.15, -0.1) is 0 Å². The highest BCUT2D eigenvalue weighted by molar-refractivity contribution is 5.60. The summed E-state index contributed by atoms with van der Waals surface area (Å²) in [4.78, 5) is 21.2. The molecule has 3 N–H and O–H groups in total. The van der Waals surface area contributed by atoms with Gasteiger partial charge < -0.3 is 9.99 Å². The third-order valence-electron chi connectivity index (χ3n) is 1.98. The molecule has 14 heavy (non-hydrogen) atoms. The van der Waals surface area contributed by atoms with Crippen LogP contribution in [0.1, 0.15) is 5.69 Å². The van der Waals surface area contributed by atoms with Gasteiger partial charge in [0.05, 0.1) is 4.92 Å². The minimum absolute atomic E-state index is 0.0237. The Balaban J connectivity index is 3.62. The quantitative estimate of drug-likeness (QED) is 0.392. The Morgan fingerprint density at radius 2 is 2.21 bits per heavy atom. The van der Waals surface area contributed by atoms with Crippen LogP contribution >= 0.6 is 0 Å². The van der Waals surface area contributed by atoms with E-state index in [4.69, 9.17) is 5.84 Å². The van der Waals surface area contributed by atoms with E-state index in [1.165, 1.54) is 17.7 Å². The van der Waals surface area contributed by atoms with Crippen molar-refractivity contribution in [3.8, 4) is 0 Å². The Hall–Kier alpha value is -1.89. The number of nitrogen functional groups attached to an aromatic ring is 1. The summed E-state index contributed by atoms with van der Waals surface area (Å²) >= 11 is 0. The van der Waals surface area contributed by atoms with Crippen LogP contribution in [0.2, 0.25) is 0 Å². The first-order chi connectivity index (χ1) is 6.49. The Morgan fingerprint density at radius 1 is 1.64 bits per heavy atom. The van der Waals surface area contributed by atoms with Gasteiger partial charge in [0.25, 0.3) is 0 Å². The molecule has 0 aliphatic rings. The lowest BCUT2D eigenvalue weighted by molar-refractivity contribution is -0.385. The van der Waals surface area contributed by atoms with Crippen molar-refractivity contribution in [1.29, 1.82) is 0 Å². The molecule has 0 saturated heterocycles. The van der Waals surface area contributed by atoms with Crippen molar-refractivity contribution < 1.29 is 4.92 Å². The van der Waals surface area contributed by atoms with Gasteiger partial charge in [-0.25, -0.2) is 0 Å². The average molecular weight is 198 g/mol. The summed E-state index contributed by atoms with van der Waals surface area (Å²) in [7, 11) is 1.46. The Labute approximate surface area is 79.3 Å². The monoisotopic (exact) mass is 198 g/mol. The van der Waals surface area contributed by atoms with E-state index >= 15 is 0 Å². The van der Waals surface area contributed by atoms with Crippen LogP contribution in [0.25, 0.3) is 0 Å². The number of hydrazine groups is 1. The number of aryl methyl sites for hydroxylation is 1. The maximum atomic E-state index is 11.4. The Bertz CT molecular complexity index is 437.